The Morgan fingerprint density at radius 2 is 1.45 bits per heavy atom. The lowest BCUT2D eigenvalue weighted by atomic mass is 10.1. The summed E-state index contributed by atoms with van der Waals surface area (Å²) in [5.74, 6) is 1.92. The lowest BCUT2D eigenvalue weighted by Gasteiger charge is -2.36. The summed E-state index contributed by atoms with van der Waals surface area (Å²) in [4.78, 5) is 13.5. The van der Waals surface area contributed by atoms with E-state index in [9.17, 15) is 0 Å². The molecule has 2 aromatic heterocycles. The summed E-state index contributed by atoms with van der Waals surface area (Å²) in [6.07, 6.45) is 3.67. The third-order valence-electron chi connectivity index (χ3n) is 3.94. The Bertz CT molecular complexity index is 753. The fraction of sp³-hybridized carbons (Fsp3) is 0.111. The maximum Gasteiger partial charge on any atom is 0.157 e. The molecule has 0 unspecified atom stereocenters. The minimum atomic E-state index is 0.775. The van der Waals surface area contributed by atoms with E-state index in [4.69, 9.17) is 0 Å². The molecule has 0 fully saturated rings. The smallest absolute Gasteiger partial charge is 0.157 e. The van der Waals surface area contributed by atoms with Crippen LogP contribution in [0.5, 0.6) is 0 Å². The first kappa shape index (κ1) is 12.8. The number of rotatable bonds is 2. The van der Waals surface area contributed by atoms with Gasteiger partial charge in [0.05, 0.1) is 11.4 Å². The molecule has 0 radical (unpaired) electrons. The van der Waals surface area contributed by atoms with Crippen molar-refractivity contribution in [1.82, 2.24) is 9.97 Å². The van der Waals surface area contributed by atoms with Crippen LogP contribution in [-0.2, 0) is 6.54 Å². The summed E-state index contributed by atoms with van der Waals surface area (Å²) in [5, 5.41) is 0. The average Bonchev–Trinajstić information content (AvgIpc) is 2.59. The number of pyridine rings is 2. The van der Waals surface area contributed by atoms with E-state index in [0.29, 0.717) is 0 Å². The highest BCUT2D eigenvalue weighted by Crippen LogP contribution is 2.44. The van der Waals surface area contributed by atoms with Crippen LogP contribution in [0.15, 0.2) is 67.0 Å². The Morgan fingerprint density at radius 3 is 2.23 bits per heavy atom. The number of aromatic nitrogens is 2. The summed E-state index contributed by atoms with van der Waals surface area (Å²) in [6, 6.07) is 18.5. The Labute approximate surface area is 129 Å². The molecule has 1 aliphatic rings. The quantitative estimate of drug-likeness (QED) is 0.716. The van der Waals surface area contributed by atoms with Gasteiger partial charge in [-0.3, -0.25) is 0 Å². The van der Waals surface area contributed by atoms with E-state index in [1.807, 2.05) is 37.6 Å². The molecule has 0 amide bonds. The number of anilines is 4. The summed E-state index contributed by atoms with van der Waals surface area (Å²) < 4.78 is 0. The molecule has 1 aromatic carbocycles. The predicted molar refractivity (Wildman–Crippen MR) is 88.8 cm³/mol. The Balaban J connectivity index is 1.85. The monoisotopic (exact) mass is 288 g/mol. The zero-order valence-corrected chi connectivity index (χ0v) is 12.3. The molecule has 0 bridgehead atoms. The van der Waals surface area contributed by atoms with Crippen LogP contribution in [0, 0.1) is 0 Å². The van der Waals surface area contributed by atoms with Crippen molar-refractivity contribution in [3.8, 4) is 0 Å². The molecule has 3 heterocycles. The Morgan fingerprint density at radius 1 is 0.773 bits per heavy atom. The molecule has 4 nitrogen and oxygen atoms in total. The molecular formula is C18H16N4. The number of benzene rings is 1. The van der Waals surface area contributed by atoms with E-state index in [-0.39, 0.29) is 0 Å². The van der Waals surface area contributed by atoms with Gasteiger partial charge >= 0.3 is 0 Å². The molecular weight excluding hydrogens is 272 g/mol. The molecule has 4 heteroatoms. The molecule has 1 aliphatic heterocycles. The minimum Gasteiger partial charge on any atom is -0.325 e. The first-order valence-corrected chi connectivity index (χ1v) is 7.30. The average molecular weight is 288 g/mol. The SMILES string of the molecule is CN1c2cccnc2N(Cc2ccccc2)c2cccnc21. The van der Waals surface area contributed by atoms with Crippen LogP contribution in [0.2, 0.25) is 0 Å². The number of fused-ring (bicyclic) bond motifs is 2. The van der Waals surface area contributed by atoms with Crippen LogP contribution < -0.4 is 9.80 Å². The Kier molecular flexibility index (Phi) is 3.00. The lowest BCUT2D eigenvalue weighted by Crippen LogP contribution is -2.28. The van der Waals surface area contributed by atoms with Crippen molar-refractivity contribution in [2.45, 2.75) is 6.54 Å². The van der Waals surface area contributed by atoms with Crippen LogP contribution >= 0.6 is 0 Å². The van der Waals surface area contributed by atoms with Gasteiger partial charge in [-0.05, 0) is 29.8 Å². The lowest BCUT2D eigenvalue weighted by molar-refractivity contribution is 0.909. The first-order chi connectivity index (χ1) is 10.8. The van der Waals surface area contributed by atoms with E-state index in [1.54, 1.807) is 0 Å². The molecule has 0 spiro atoms. The molecule has 0 saturated heterocycles. The summed E-state index contributed by atoms with van der Waals surface area (Å²) in [7, 11) is 2.03. The maximum atomic E-state index is 4.60. The number of hydrogen-bond acceptors (Lipinski definition) is 4. The first-order valence-electron chi connectivity index (χ1n) is 7.30. The van der Waals surface area contributed by atoms with Crippen molar-refractivity contribution >= 4 is 23.0 Å². The van der Waals surface area contributed by atoms with Gasteiger partial charge in [0.2, 0.25) is 0 Å². The molecule has 0 aliphatic carbocycles. The van der Waals surface area contributed by atoms with Gasteiger partial charge in [-0.15, -0.1) is 0 Å². The van der Waals surface area contributed by atoms with Crippen molar-refractivity contribution in [3.63, 3.8) is 0 Å². The van der Waals surface area contributed by atoms with E-state index in [0.717, 1.165) is 29.6 Å². The molecule has 22 heavy (non-hydrogen) atoms. The van der Waals surface area contributed by atoms with Crippen LogP contribution in [0.25, 0.3) is 0 Å². The zero-order chi connectivity index (χ0) is 14.9. The standard InChI is InChI=1S/C18H16N4/c1-21-15-9-5-12-20-18(15)22(13-14-7-3-2-4-8-14)16-10-6-11-19-17(16)21/h2-12H,13H2,1H3. The van der Waals surface area contributed by atoms with Crippen molar-refractivity contribution < 1.29 is 0 Å². The van der Waals surface area contributed by atoms with Crippen molar-refractivity contribution in [2.24, 2.45) is 0 Å². The fourth-order valence-electron chi connectivity index (χ4n) is 2.87. The topological polar surface area (TPSA) is 32.3 Å². The van der Waals surface area contributed by atoms with Gasteiger partial charge in [-0.2, -0.15) is 0 Å². The second-order valence-electron chi connectivity index (χ2n) is 5.32. The van der Waals surface area contributed by atoms with Crippen LogP contribution in [0.4, 0.5) is 23.0 Å². The number of nitrogens with zero attached hydrogens (tertiary/aromatic N) is 4. The summed E-state index contributed by atoms with van der Waals surface area (Å²) in [5.41, 5.74) is 3.41. The van der Waals surface area contributed by atoms with Gasteiger partial charge in [-0.1, -0.05) is 30.3 Å². The maximum absolute atomic E-state index is 4.60. The van der Waals surface area contributed by atoms with E-state index in [2.05, 4.69) is 56.2 Å². The highest BCUT2D eigenvalue weighted by molar-refractivity contribution is 5.88. The van der Waals surface area contributed by atoms with Gasteiger partial charge in [0.1, 0.15) is 0 Å². The van der Waals surface area contributed by atoms with Crippen LogP contribution in [-0.4, -0.2) is 17.0 Å². The molecule has 108 valence electrons. The van der Waals surface area contributed by atoms with E-state index < -0.39 is 0 Å². The molecule has 4 rings (SSSR count). The minimum absolute atomic E-state index is 0.775. The molecule has 0 atom stereocenters. The molecule has 3 aromatic rings. The highest BCUT2D eigenvalue weighted by Gasteiger charge is 2.27. The van der Waals surface area contributed by atoms with Crippen molar-refractivity contribution in [2.75, 3.05) is 16.8 Å². The van der Waals surface area contributed by atoms with E-state index >= 15 is 0 Å². The zero-order valence-electron chi connectivity index (χ0n) is 12.3. The molecule has 0 saturated carbocycles. The van der Waals surface area contributed by atoms with Crippen molar-refractivity contribution in [1.29, 1.82) is 0 Å². The van der Waals surface area contributed by atoms with E-state index in [1.165, 1.54) is 5.56 Å². The van der Waals surface area contributed by atoms with Gasteiger partial charge in [-0.25, -0.2) is 9.97 Å². The Hall–Kier alpha value is -2.88. The third kappa shape index (κ3) is 2.00. The van der Waals surface area contributed by atoms with Gasteiger partial charge < -0.3 is 9.80 Å². The summed E-state index contributed by atoms with van der Waals surface area (Å²) in [6.45, 7) is 0.775. The largest absolute Gasteiger partial charge is 0.325 e. The van der Waals surface area contributed by atoms with Crippen molar-refractivity contribution in [3.05, 3.63) is 72.6 Å². The van der Waals surface area contributed by atoms with Gasteiger partial charge in [0.25, 0.3) is 0 Å². The highest BCUT2D eigenvalue weighted by atomic mass is 15.3. The van der Waals surface area contributed by atoms with Crippen LogP contribution in [0.1, 0.15) is 5.56 Å². The third-order valence-corrected chi connectivity index (χ3v) is 3.94. The van der Waals surface area contributed by atoms with Crippen LogP contribution in [0.3, 0.4) is 0 Å². The predicted octanol–water partition coefficient (Wildman–Crippen LogP) is 3.90. The normalized spacial score (nSPS) is 12.8. The van der Waals surface area contributed by atoms with Gasteiger partial charge in [0.15, 0.2) is 11.6 Å². The molecule has 0 N–H and O–H groups in total. The number of hydrogen-bond donors (Lipinski definition) is 0. The fourth-order valence-corrected chi connectivity index (χ4v) is 2.87. The second kappa shape index (κ2) is 5.15. The second-order valence-corrected chi connectivity index (χ2v) is 5.32. The summed E-state index contributed by atoms with van der Waals surface area (Å²) >= 11 is 0. The van der Waals surface area contributed by atoms with Gasteiger partial charge in [0, 0.05) is 26.0 Å².